The summed E-state index contributed by atoms with van der Waals surface area (Å²) in [6, 6.07) is 6.75. The number of halogens is 1. The van der Waals surface area contributed by atoms with E-state index in [9.17, 15) is 0 Å². The van der Waals surface area contributed by atoms with Crippen LogP contribution in [0, 0.1) is 11.8 Å². The van der Waals surface area contributed by atoms with Crippen molar-refractivity contribution in [2.45, 2.75) is 0 Å². The first-order valence-electron chi connectivity index (χ1n) is 3.39. The second-order valence-electron chi connectivity index (χ2n) is 2.11. The second kappa shape index (κ2) is 4.48. The normalized spacial score (nSPS) is 9.42. The zero-order chi connectivity index (χ0) is 8.81. The molecule has 60 valence electrons. The predicted octanol–water partition coefficient (Wildman–Crippen LogP) is 2.50. The third-order valence-corrected chi connectivity index (χ3v) is 1.33. The van der Waals surface area contributed by atoms with Gasteiger partial charge in [0.2, 0.25) is 0 Å². The fourth-order valence-electron chi connectivity index (χ4n) is 0.740. The highest BCUT2D eigenvalue weighted by atomic mass is 35.5. The van der Waals surface area contributed by atoms with Gasteiger partial charge in [-0.2, -0.15) is 0 Å². The lowest BCUT2D eigenvalue weighted by molar-refractivity contribution is 0.475. The maximum atomic E-state index is 9.06. The molecule has 1 nitrogen and oxygen atoms in total. The topological polar surface area (TPSA) is 20.2 Å². The van der Waals surface area contributed by atoms with Crippen LogP contribution in [-0.4, -0.2) is 5.11 Å². The van der Waals surface area contributed by atoms with Crippen LogP contribution in [0.2, 0.25) is 0 Å². The molecule has 0 aliphatic rings. The van der Waals surface area contributed by atoms with Crippen molar-refractivity contribution in [3.8, 4) is 17.6 Å². The van der Waals surface area contributed by atoms with Gasteiger partial charge in [0.1, 0.15) is 5.75 Å². The monoisotopic (exact) mass is 178 g/mol. The summed E-state index contributed by atoms with van der Waals surface area (Å²) in [6.07, 6.45) is 1.53. The molecule has 0 aliphatic carbocycles. The van der Waals surface area contributed by atoms with Gasteiger partial charge in [0.05, 0.1) is 0 Å². The molecule has 1 aromatic rings. The standard InChI is InChI=1S/C10H7ClO/c11-7-2-1-4-9-5-3-6-10(12)8-9/h2-3,5-8,12H/b7-2-. The summed E-state index contributed by atoms with van der Waals surface area (Å²) >= 11 is 5.27. The molecule has 1 aromatic carbocycles. The molecule has 0 saturated carbocycles. The fourth-order valence-corrected chi connectivity index (χ4v) is 0.803. The highest BCUT2D eigenvalue weighted by Gasteiger charge is 1.87. The van der Waals surface area contributed by atoms with Crippen molar-refractivity contribution in [2.75, 3.05) is 0 Å². The van der Waals surface area contributed by atoms with Crippen LogP contribution < -0.4 is 0 Å². The Morgan fingerprint density at radius 1 is 1.42 bits per heavy atom. The number of aromatic hydroxyl groups is 1. The molecule has 0 aromatic heterocycles. The number of phenols is 1. The summed E-state index contributed by atoms with van der Waals surface area (Å²) in [7, 11) is 0. The van der Waals surface area contributed by atoms with Crippen LogP contribution in [0.5, 0.6) is 5.75 Å². The molecule has 0 unspecified atom stereocenters. The van der Waals surface area contributed by atoms with Crippen molar-refractivity contribution < 1.29 is 5.11 Å². The molecule has 0 radical (unpaired) electrons. The van der Waals surface area contributed by atoms with Gasteiger partial charge >= 0.3 is 0 Å². The van der Waals surface area contributed by atoms with Crippen molar-refractivity contribution in [3.05, 3.63) is 41.4 Å². The maximum absolute atomic E-state index is 9.06. The van der Waals surface area contributed by atoms with Gasteiger partial charge in [-0.05, 0) is 24.3 Å². The minimum Gasteiger partial charge on any atom is -0.508 e. The van der Waals surface area contributed by atoms with E-state index in [-0.39, 0.29) is 5.75 Å². The van der Waals surface area contributed by atoms with Crippen molar-refractivity contribution in [1.82, 2.24) is 0 Å². The van der Waals surface area contributed by atoms with E-state index in [1.807, 2.05) is 6.07 Å². The van der Waals surface area contributed by atoms with Gasteiger partial charge in [0.15, 0.2) is 0 Å². The number of benzene rings is 1. The third-order valence-electron chi connectivity index (χ3n) is 1.21. The molecule has 0 atom stereocenters. The lowest BCUT2D eigenvalue weighted by atomic mass is 10.2. The molecule has 0 heterocycles. The molecular formula is C10H7ClO. The smallest absolute Gasteiger partial charge is 0.116 e. The first kappa shape index (κ1) is 8.70. The van der Waals surface area contributed by atoms with Crippen molar-refractivity contribution in [3.63, 3.8) is 0 Å². The van der Waals surface area contributed by atoms with Gasteiger partial charge in [-0.15, -0.1) is 0 Å². The SMILES string of the molecule is Oc1cccc(C#C/C=C\Cl)c1. The van der Waals surface area contributed by atoms with Crippen molar-refractivity contribution in [2.24, 2.45) is 0 Å². The molecule has 12 heavy (non-hydrogen) atoms. The summed E-state index contributed by atoms with van der Waals surface area (Å²) in [6.45, 7) is 0. The van der Waals surface area contributed by atoms with Crippen LogP contribution >= 0.6 is 11.6 Å². The molecule has 0 fully saturated rings. The molecule has 0 saturated heterocycles. The van der Waals surface area contributed by atoms with E-state index >= 15 is 0 Å². The summed E-state index contributed by atoms with van der Waals surface area (Å²) in [5.74, 6) is 5.73. The number of phenolic OH excluding ortho intramolecular Hbond substituents is 1. The van der Waals surface area contributed by atoms with E-state index in [0.29, 0.717) is 0 Å². The Kier molecular flexibility index (Phi) is 3.25. The molecule has 0 amide bonds. The Hall–Kier alpha value is -1.39. The molecular weight excluding hydrogens is 172 g/mol. The van der Waals surface area contributed by atoms with E-state index in [1.165, 1.54) is 11.6 Å². The van der Waals surface area contributed by atoms with Gasteiger partial charge in [-0.1, -0.05) is 29.5 Å². The van der Waals surface area contributed by atoms with Gasteiger partial charge in [-0.25, -0.2) is 0 Å². The summed E-state index contributed by atoms with van der Waals surface area (Å²) in [4.78, 5) is 0. The zero-order valence-corrected chi connectivity index (χ0v) is 7.05. The minimum atomic E-state index is 0.219. The first-order chi connectivity index (χ1) is 5.83. The number of hydrogen-bond acceptors (Lipinski definition) is 1. The molecule has 0 spiro atoms. The average molecular weight is 179 g/mol. The molecule has 1 rings (SSSR count). The Bertz CT molecular complexity index is 344. The van der Waals surface area contributed by atoms with Crippen molar-refractivity contribution in [1.29, 1.82) is 0 Å². The van der Waals surface area contributed by atoms with E-state index < -0.39 is 0 Å². The van der Waals surface area contributed by atoms with Gasteiger partial charge in [0, 0.05) is 11.1 Å². The maximum Gasteiger partial charge on any atom is 0.116 e. The molecule has 2 heteroatoms. The molecule has 0 aliphatic heterocycles. The number of hydrogen-bond donors (Lipinski definition) is 1. The zero-order valence-electron chi connectivity index (χ0n) is 6.29. The Labute approximate surface area is 76.3 Å². The van der Waals surface area contributed by atoms with Crippen LogP contribution in [0.3, 0.4) is 0 Å². The second-order valence-corrected chi connectivity index (χ2v) is 2.36. The van der Waals surface area contributed by atoms with Crippen molar-refractivity contribution >= 4 is 11.6 Å². The first-order valence-corrected chi connectivity index (χ1v) is 3.82. The predicted molar refractivity (Wildman–Crippen MR) is 50.0 cm³/mol. The average Bonchev–Trinajstić information content (AvgIpc) is 2.05. The van der Waals surface area contributed by atoms with Crippen LogP contribution in [-0.2, 0) is 0 Å². The quantitative estimate of drug-likeness (QED) is 0.606. The van der Waals surface area contributed by atoms with E-state index in [2.05, 4.69) is 11.8 Å². The van der Waals surface area contributed by atoms with Crippen LogP contribution in [0.1, 0.15) is 5.56 Å². The Balaban J connectivity index is 2.85. The number of rotatable bonds is 0. The molecule has 1 N–H and O–H groups in total. The Morgan fingerprint density at radius 3 is 2.92 bits per heavy atom. The summed E-state index contributed by atoms with van der Waals surface area (Å²) in [5, 5.41) is 9.06. The highest BCUT2D eigenvalue weighted by molar-refractivity contribution is 6.25. The minimum absolute atomic E-state index is 0.219. The van der Waals surface area contributed by atoms with Gasteiger partial charge in [-0.3, -0.25) is 0 Å². The van der Waals surface area contributed by atoms with Crippen LogP contribution in [0.4, 0.5) is 0 Å². The van der Waals surface area contributed by atoms with Crippen LogP contribution in [0.15, 0.2) is 35.9 Å². The lowest BCUT2D eigenvalue weighted by Gasteiger charge is -1.90. The largest absolute Gasteiger partial charge is 0.508 e. The summed E-state index contributed by atoms with van der Waals surface area (Å²) < 4.78 is 0. The Morgan fingerprint density at radius 2 is 2.25 bits per heavy atom. The molecule has 0 bridgehead atoms. The third kappa shape index (κ3) is 2.69. The van der Waals surface area contributed by atoms with E-state index in [4.69, 9.17) is 16.7 Å². The fraction of sp³-hybridized carbons (Fsp3) is 0. The summed E-state index contributed by atoms with van der Waals surface area (Å²) in [5.41, 5.74) is 2.11. The highest BCUT2D eigenvalue weighted by Crippen LogP contribution is 2.09. The van der Waals surface area contributed by atoms with E-state index in [0.717, 1.165) is 5.56 Å². The van der Waals surface area contributed by atoms with E-state index in [1.54, 1.807) is 18.2 Å². The number of allylic oxidation sites excluding steroid dienone is 1. The lowest BCUT2D eigenvalue weighted by Crippen LogP contribution is -1.71. The van der Waals surface area contributed by atoms with Crippen LogP contribution in [0.25, 0.3) is 0 Å². The van der Waals surface area contributed by atoms with Gasteiger partial charge in [0.25, 0.3) is 0 Å². The van der Waals surface area contributed by atoms with Gasteiger partial charge < -0.3 is 5.11 Å².